The van der Waals surface area contributed by atoms with E-state index >= 15 is 0 Å². The Labute approximate surface area is 125 Å². The molecule has 110 valence electrons. The van der Waals surface area contributed by atoms with Crippen LogP contribution in [-0.2, 0) is 6.54 Å². The van der Waals surface area contributed by atoms with Gasteiger partial charge in [-0.05, 0) is 24.3 Å². The molecular weight excluding hydrogens is 299 g/mol. The van der Waals surface area contributed by atoms with Crippen molar-refractivity contribution in [1.82, 2.24) is 0 Å². The first-order valence-electron chi connectivity index (χ1n) is 6.01. The van der Waals surface area contributed by atoms with Crippen molar-refractivity contribution < 1.29 is 14.1 Å². The Hall–Kier alpha value is -2.34. The van der Waals surface area contributed by atoms with E-state index in [9.17, 15) is 14.5 Å². The van der Waals surface area contributed by atoms with Crippen LogP contribution in [0.5, 0.6) is 5.75 Å². The van der Waals surface area contributed by atoms with Gasteiger partial charge in [-0.1, -0.05) is 11.6 Å². The van der Waals surface area contributed by atoms with Crippen molar-refractivity contribution in [2.75, 3.05) is 12.4 Å². The number of halogens is 2. The number of nitrogens with one attached hydrogen (secondary N) is 1. The van der Waals surface area contributed by atoms with Gasteiger partial charge in [0.2, 0.25) is 0 Å². The number of nitro benzene ring substituents is 1. The molecule has 5 nitrogen and oxygen atoms in total. The first kappa shape index (κ1) is 15.1. The van der Waals surface area contributed by atoms with Crippen molar-refractivity contribution >= 4 is 23.0 Å². The summed E-state index contributed by atoms with van der Waals surface area (Å²) in [7, 11) is 1.48. The monoisotopic (exact) mass is 310 g/mol. The topological polar surface area (TPSA) is 64.4 Å². The summed E-state index contributed by atoms with van der Waals surface area (Å²) in [6.45, 7) is 0.256. The van der Waals surface area contributed by atoms with Crippen molar-refractivity contribution in [3.8, 4) is 5.75 Å². The summed E-state index contributed by atoms with van der Waals surface area (Å²) in [5, 5.41) is 13.8. The van der Waals surface area contributed by atoms with Crippen LogP contribution < -0.4 is 10.1 Å². The van der Waals surface area contributed by atoms with E-state index in [4.69, 9.17) is 16.3 Å². The number of nitrogens with zero attached hydrogens (tertiary/aromatic N) is 1. The zero-order chi connectivity index (χ0) is 15.4. The molecular formula is C14H12ClFN2O3. The third-order valence-electron chi connectivity index (χ3n) is 2.88. The molecule has 21 heavy (non-hydrogen) atoms. The number of hydrogen-bond donors (Lipinski definition) is 1. The molecule has 7 heteroatoms. The molecule has 0 fully saturated rings. The minimum Gasteiger partial charge on any atom is -0.496 e. The lowest BCUT2D eigenvalue weighted by molar-refractivity contribution is -0.384. The predicted molar refractivity (Wildman–Crippen MR) is 78.4 cm³/mol. The van der Waals surface area contributed by atoms with Crippen LogP contribution in [0.1, 0.15) is 5.56 Å². The predicted octanol–water partition coefficient (Wildman–Crippen LogP) is 4.01. The molecule has 0 saturated heterocycles. The molecule has 1 N–H and O–H groups in total. The van der Waals surface area contributed by atoms with E-state index in [1.54, 1.807) is 6.07 Å². The quantitative estimate of drug-likeness (QED) is 0.669. The Balaban J connectivity index is 2.19. The molecule has 0 atom stereocenters. The molecule has 0 radical (unpaired) electrons. The second-order valence-corrected chi connectivity index (χ2v) is 4.64. The molecule has 0 spiro atoms. The third kappa shape index (κ3) is 3.61. The largest absolute Gasteiger partial charge is 0.496 e. The molecule has 0 unspecified atom stereocenters. The number of anilines is 1. The lowest BCUT2D eigenvalue weighted by Crippen LogP contribution is -2.03. The van der Waals surface area contributed by atoms with Crippen molar-refractivity contribution in [3.63, 3.8) is 0 Å². The molecule has 0 aromatic heterocycles. The van der Waals surface area contributed by atoms with E-state index in [1.807, 2.05) is 0 Å². The molecule has 0 aliphatic heterocycles. The molecule has 0 heterocycles. The van der Waals surface area contributed by atoms with Crippen LogP contribution in [0.15, 0.2) is 36.4 Å². The van der Waals surface area contributed by atoms with Crippen LogP contribution in [0.3, 0.4) is 0 Å². The van der Waals surface area contributed by atoms with Gasteiger partial charge in [0.1, 0.15) is 11.6 Å². The van der Waals surface area contributed by atoms with Gasteiger partial charge in [-0.3, -0.25) is 10.1 Å². The first-order chi connectivity index (χ1) is 10.0. The SMILES string of the molecule is COc1ccc([N+](=O)[O-])cc1CNc1ccc(Cl)c(F)c1. The Morgan fingerprint density at radius 3 is 2.71 bits per heavy atom. The summed E-state index contributed by atoms with van der Waals surface area (Å²) < 4.78 is 18.5. The number of non-ortho nitro benzene ring substituents is 1. The van der Waals surface area contributed by atoms with Crippen molar-refractivity contribution in [2.45, 2.75) is 6.54 Å². The fourth-order valence-corrected chi connectivity index (χ4v) is 1.94. The molecule has 0 aliphatic carbocycles. The van der Waals surface area contributed by atoms with Crippen LogP contribution in [0.2, 0.25) is 5.02 Å². The normalized spacial score (nSPS) is 10.2. The van der Waals surface area contributed by atoms with E-state index in [0.717, 1.165) is 0 Å². The molecule has 2 aromatic carbocycles. The summed E-state index contributed by atoms with van der Waals surface area (Å²) in [5.74, 6) is -0.0183. The van der Waals surface area contributed by atoms with Gasteiger partial charge >= 0.3 is 0 Å². The summed E-state index contributed by atoms with van der Waals surface area (Å²) >= 11 is 5.60. The van der Waals surface area contributed by atoms with Crippen molar-refractivity contribution in [1.29, 1.82) is 0 Å². The molecule has 2 aromatic rings. The van der Waals surface area contributed by atoms with E-state index in [0.29, 0.717) is 17.0 Å². The van der Waals surface area contributed by atoms with Crippen LogP contribution >= 0.6 is 11.6 Å². The summed E-state index contributed by atoms with van der Waals surface area (Å²) in [4.78, 5) is 10.3. The fraction of sp³-hybridized carbons (Fsp3) is 0.143. The highest BCUT2D eigenvalue weighted by Crippen LogP contribution is 2.25. The lowest BCUT2D eigenvalue weighted by Gasteiger charge is -2.11. The van der Waals surface area contributed by atoms with Gasteiger partial charge in [0.05, 0.1) is 17.1 Å². The number of ether oxygens (including phenoxy) is 1. The number of nitro groups is 1. The van der Waals surface area contributed by atoms with E-state index in [2.05, 4.69) is 5.32 Å². The Morgan fingerprint density at radius 1 is 1.33 bits per heavy atom. The number of rotatable bonds is 5. The van der Waals surface area contributed by atoms with Gasteiger partial charge in [-0.15, -0.1) is 0 Å². The highest BCUT2D eigenvalue weighted by atomic mass is 35.5. The number of benzene rings is 2. The maximum Gasteiger partial charge on any atom is 0.270 e. The second kappa shape index (κ2) is 6.41. The fourth-order valence-electron chi connectivity index (χ4n) is 1.82. The molecule has 2 rings (SSSR count). The highest BCUT2D eigenvalue weighted by molar-refractivity contribution is 6.30. The van der Waals surface area contributed by atoms with Gasteiger partial charge in [0, 0.05) is 29.9 Å². The zero-order valence-electron chi connectivity index (χ0n) is 11.1. The van der Waals surface area contributed by atoms with E-state index in [-0.39, 0.29) is 17.3 Å². The van der Waals surface area contributed by atoms with Gasteiger partial charge < -0.3 is 10.1 Å². The smallest absolute Gasteiger partial charge is 0.270 e. The molecule has 0 amide bonds. The molecule has 0 aliphatic rings. The third-order valence-corrected chi connectivity index (χ3v) is 3.18. The number of methoxy groups -OCH3 is 1. The first-order valence-corrected chi connectivity index (χ1v) is 6.39. The summed E-state index contributed by atoms with van der Waals surface area (Å²) in [6, 6.07) is 8.62. The van der Waals surface area contributed by atoms with E-state index < -0.39 is 10.7 Å². The van der Waals surface area contributed by atoms with Gasteiger partial charge in [-0.25, -0.2) is 4.39 Å². The van der Waals surface area contributed by atoms with Crippen molar-refractivity contribution in [3.05, 3.63) is 62.9 Å². The zero-order valence-corrected chi connectivity index (χ0v) is 11.9. The maximum atomic E-state index is 13.3. The standard InChI is InChI=1S/C14H12ClFN2O3/c1-21-14-5-3-11(18(19)20)6-9(14)8-17-10-2-4-12(15)13(16)7-10/h2-7,17H,8H2,1H3. The second-order valence-electron chi connectivity index (χ2n) is 4.24. The lowest BCUT2D eigenvalue weighted by atomic mass is 10.1. The Bertz CT molecular complexity index is 679. The Kier molecular flexibility index (Phi) is 4.59. The summed E-state index contributed by atoms with van der Waals surface area (Å²) in [5.41, 5.74) is 1.09. The Morgan fingerprint density at radius 2 is 2.10 bits per heavy atom. The number of hydrogen-bond acceptors (Lipinski definition) is 4. The average molecular weight is 311 g/mol. The maximum absolute atomic E-state index is 13.3. The van der Waals surface area contributed by atoms with Crippen LogP contribution in [-0.4, -0.2) is 12.0 Å². The van der Waals surface area contributed by atoms with Crippen molar-refractivity contribution in [2.24, 2.45) is 0 Å². The van der Waals surface area contributed by atoms with Crippen LogP contribution in [0.25, 0.3) is 0 Å². The minimum absolute atomic E-state index is 0.0325. The molecule has 0 bridgehead atoms. The average Bonchev–Trinajstić information content (AvgIpc) is 2.48. The van der Waals surface area contributed by atoms with Crippen LogP contribution in [0, 0.1) is 15.9 Å². The summed E-state index contributed by atoms with van der Waals surface area (Å²) in [6.07, 6.45) is 0. The van der Waals surface area contributed by atoms with Gasteiger partial charge in [0.15, 0.2) is 0 Å². The molecule has 0 saturated carbocycles. The van der Waals surface area contributed by atoms with Gasteiger partial charge in [0.25, 0.3) is 5.69 Å². The van der Waals surface area contributed by atoms with E-state index in [1.165, 1.54) is 37.4 Å². The van der Waals surface area contributed by atoms with Gasteiger partial charge in [-0.2, -0.15) is 0 Å². The minimum atomic E-state index is -0.535. The van der Waals surface area contributed by atoms with Crippen LogP contribution in [0.4, 0.5) is 15.8 Å². The highest BCUT2D eigenvalue weighted by Gasteiger charge is 2.11.